The van der Waals surface area contributed by atoms with Crippen LogP contribution in [-0.2, 0) is 0 Å². The number of nitrogens with one attached hydrogen (secondary N) is 1. The third-order valence-electron chi connectivity index (χ3n) is 5.10. The van der Waals surface area contributed by atoms with Crippen LogP contribution in [0.1, 0.15) is 55.1 Å². The van der Waals surface area contributed by atoms with Crippen LogP contribution in [0.2, 0.25) is 0 Å². The molecule has 102 valence electrons. The van der Waals surface area contributed by atoms with E-state index in [1.807, 2.05) is 12.3 Å². The molecule has 4 nitrogen and oxygen atoms in total. The van der Waals surface area contributed by atoms with Crippen LogP contribution in [0, 0.1) is 11.8 Å². The Labute approximate surface area is 113 Å². The van der Waals surface area contributed by atoms with Gasteiger partial charge < -0.3 is 15.6 Å². The van der Waals surface area contributed by atoms with E-state index in [0.29, 0.717) is 17.8 Å². The molecule has 3 N–H and O–H groups in total. The second-order valence-electron chi connectivity index (χ2n) is 6.55. The fourth-order valence-electron chi connectivity index (χ4n) is 4.00. The zero-order valence-corrected chi connectivity index (χ0v) is 11.1. The maximum atomic E-state index is 12.5. The number of aromatic nitrogens is 1. The van der Waals surface area contributed by atoms with E-state index in [4.69, 9.17) is 5.73 Å². The monoisotopic (exact) mass is 259 g/mol. The number of nitrogens with two attached hydrogens (primary N) is 1. The van der Waals surface area contributed by atoms with Crippen molar-refractivity contribution in [2.45, 2.75) is 50.6 Å². The summed E-state index contributed by atoms with van der Waals surface area (Å²) in [5.41, 5.74) is 7.30. The summed E-state index contributed by atoms with van der Waals surface area (Å²) in [6.45, 7) is 0. The van der Waals surface area contributed by atoms with Gasteiger partial charge in [0.25, 0.3) is 5.91 Å². The summed E-state index contributed by atoms with van der Waals surface area (Å²) in [4.78, 5) is 12.5. The van der Waals surface area contributed by atoms with Crippen molar-refractivity contribution in [3.05, 3.63) is 18.0 Å². The van der Waals surface area contributed by atoms with Gasteiger partial charge in [0.05, 0.1) is 5.69 Å². The Morgan fingerprint density at radius 2 is 2.11 bits per heavy atom. The minimum atomic E-state index is 0.0705. The van der Waals surface area contributed by atoms with Crippen LogP contribution in [0.5, 0.6) is 0 Å². The lowest BCUT2D eigenvalue weighted by Gasteiger charge is -2.23. The van der Waals surface area contributed by atoms with Crippen LogP contribution in [0.4, 0.5) is 5.69 Å². The summed E-state index contributed by atoms with van der Waals surface area (Å²) in [5, 5.41) is 3.25. The summed E-state index contributed by atoms with van der Waals surface area (Å²) in [7, 11) is 0. The first-order valence-corrected chi connectivity index (χ1v) is 7.49. The molecular weight excluding hydrogens is 238 g/mol. The zero-order chi connectivity index (χ0) is 13.0. The number of carbonyl (C=O) groups is 1. The van der Waals surface area contributed by atoms with Gasteiger partial charge >= 0.3 is 0 Å². The third kappa shape index (κ3) is 1.94. The van der Waals surface area contributed by atoms with Gasteiger partial charge in [-0.2, -0.15) is 0 Å². The molecule has 2 bridgehead atoms. The Kier molecular flexibility index (Phi) is 2.41. The molecule has 0 spiro atoms. The molecule has 3 fully saturated rings. The number of carbonyl (C=O) groups excluding carboxylic acids is 1. The van der Waals surface area contributed by atoms with Crippen LogP contribution < -0.4 is 11.1 Å². The predicted molar refractivity (Wildman–Crippen MR) is 73.8 cm³/mol. The van der Waals surface area contributed by atoms with E-state index in [-0.39, 0.29) is 5.91 Å². The van der Waals surface area contributed by atoms with Crippen molar-refractivity contribution in [1.29, 1.82) is 0 Å². The fraction of sp³-hybridized carbons (Fsp3) is 0.667. The Morgan fingerprint density at radius 3 is 2.74 bits per heavy atom. The van der Waals surface area contributed by atoms with Gasteiger partial charge in [0, 0.05) is 18.3 Å². The minimum absolute atomic E-state index is 0.0705. The molecule has 0 aliphatic heterocycles. The van der Waals surface area contributed by atoms with Gasteiger partial charge in [-0.3, -0.25) is 4.79 Å². The van der Waals surface area contributed by atoms with Crippen molar-refractivity contribution in [1.82, 2.24) is 9.88 Å². The molecule has 3 unspecified atom stereocenters. The van der Waals surface area contributed by atoms with E-state index in [2.05, 4.69) is 9.88 Å². The number of anilines is 1. The number of fused-ring (bicyclic) bond motifs is 2. The Bertz CT molecular complexity index is 517. The van der Waals surface area contributed by atoms with Crippen LogP contribution in [0.3, 0.4) is 0 Å². The molecule has 0 radical (unpaired) electrons. The van der Waals surface area contributed by atoms with Gasteiger partial charge in [-0.15, -0.1) is 0 Å². The fourth-order valence-corrected chi connectivity index (χ4v) is 4.00. The van der Waals surface area contributed by atoms with Gasteiger partial charge in [-0.25, -0.2) is 0 Å². The van der Waals surface area contributed by atoms with Crippen LogP contribution in [-0.4, -0.2) is 16.5 Å². The highest BCUT2D eigenvalue weighted by atomic mass is 16.2. The highest BCUT2D eigenvalue weighted by Gasteiger charge is 2.40. The molecule has 3 atom stereocenters. The summed E-state index contributed by atoms with van der Waals surface area (Å²) in [6.07, 6.45) is 9.40. The Morgan fingerprint density at radius 1 is 1.26 bits per heavy atom. The summed E-state index contributed by atoms with van der Waals surface area (Å²) in [6, 6.07) is 2.72. The highest BCUT2D eigenvalue weighted by Crippen LogP contribution is 2.44. The molecule has 4 rings (SSSR count). The van der Waals surface area contributed by atoms with Gasteiger partial charge in [0.2, 0.25) is 0 Å². The van der Waals surface area contributed by atoms with Crippen molar-refractivity contribution in [3.8, 4) is 0 Å². The number of nitrogens with zero attached hydrogens (tertiary/aromatic N) is 1. The Balaban J connectivity index is 1.51. The van der Waals surface area contributed by atoms with Crippen molar-refractivity contribution in [2.24, 2.45) is 11.8 Å². The predicted octanol–water partition coefficient (Wildman–Crippen LogP) is 2.32. The molecule has 0 saturated heterocycles. The van der Waals surface area contributed by atoms with Gasteiger partial charge in [-0.05, 0) is 50.0 Å². The average Bonchev–Trinajstić information content (AvgIpc) is 2.83. The van der Waals surface area contributed by atoms with Crippen molar-refractivity contribution >= 4 is 11.6 Å². The molecule has 1 aromatic heterocycles. The van der Waals surface area contributed by atoms with Crippen LogP contribution in [0.15, 0.2) is 12.3 Å². The second kappa shape index (κ2) is 4.02. The maximum Gasteiger partial charge on any atom is 0.268 e. The molecule has 4 heteroatoms. The number of hydrogen-bond acceptors (Lipinski definition) is 2. The van der Waals surface area contributed by atoms with E-state index in [1.165, 1.54) is 38.5 Å². The molecule has 1 heterocycles. The first kappa shape index (κ1) is 11.4. The SMILES string of the molecule is Nc1cc(C(=O)NC2CC3CCC2C3)n(C2CC2)c1. The molecule has 19 heavy (non-hydrogen) atoms. The summed E-state index contributed by atoms with van der Waals surface area (Å²) >= 11 is 0. The summed E-state index contributed by atoms with van der Waals surface area (Å²) in [5.74, 6) is 1.65. The van der Waals surface area contributed by atoms with Gasteiger partial charge in [0.1, 0.15) is 5.69 Å². The number of amides is 1. The number of nitrogen functional groups attached to an aromatic ring is 1. The van der Waals surface area contributed by atoms with E-state index in [9.17, 15) is 4.79 Å². The van der Waals surface area contributed by atoms with Crippen molar-refractivity contribution < 1.29 is 4.79 Å². The number of hydrogen-bond donors (Lipinski definition) is 2. The molecule has 0 aromatic carbocycles. The zero-order valence-electron chi connectivity index (χ0n) is 11.1. The van der Waals surface area contributed by atoms with E-state index >= 15 is 0 Å². The minimum Gasteiger partial charge on any atom is -0.397 e. The first-order chi connectivity index (χ1) is 9.20. The molecular formula is C15H21N3O. The van der Waals surface area contributed by atoms with Crippen molar-refractivity contribution in [3.63, 3.8) is 0 Å². The van der Waals surface area contributed by atoms with Crippen molar-refractivity contribution in [2.75, 3.05) is 5.73 Å². The molecule has 3 aliphatic rings. The highest BCUT2D eigenvalue weighted by molar-refractivity contribution is 5.94. The van der Waals surface area contributed by atoms with E-state index in [1.54, 1.807) is 0 Å². The Hall–Kier alpha value is -1.45. The molecule has 3 aliphatic carbocycles. The van der Waals surface area contributed by atoms with Crippen LogP contribution >= 0.6 is 0 Å². The average molecular weight is 259 g/mol. The molecule has 1 aromatic rings. The lowest BCUT2D eigenvalue weighted by molar-refractivity contribution is 0.0913. The van der Waals surface area contributed by atoms with E-state index < -0.39 is 0 Å². The maximum absolute atomic E-state index is 12.5. The second-order valence-corrected chi connectivity index (χ2v) is 6.55. The molecule has 3 saturated carbocycles. The first-order valence-electron chi connectivity index (χ1n) is 7.49. The number of rotatable bonds is 3. The normalized spacial score (nSPS) is 32.7. The molecule has 1 amide bonds. The van der Waals surface area contributed by atoms with Gasteiger partial charge in [-0.1, -0.05) is 6.42 Å². The standard InChI is InChI=1S/C15H21N3O/c16-11-7-14(18(8-11)12-3-4-12)15(19)17-13-6-9-1-2-10(13)5-9/h7-10,12-13H,1-6,16H2,(H,17,19). The topological polar surface area (TPSA) is 60.1 Å². The quantitative estimate of drug-likeness (QED) is 0.875. The van der Waals surface area contributed by atoms with Crippen LogP contribution in [0.25, 0.3) is 0 Å². The van der Waals surface area contributed by atoms with E-state index in [0.717, 1.165) is 17.5 Å². The third-order valence-corrected chi connectivity index (χ3v) is 5.10. The van der Waals surface area contributed by atoms with Gasteiger partial charge in [0.15, 0.2) is 0 Å². The summed E-state index contributed by atoms with van der Waals surface area (Å²) < 4.78 is 2.07. The smallest absolute Gasteiger partial charge is 0.268 e. The largest absolute Gasteiger partial charge is 0.397 e. The lowest BCUT2D eigenvalue weighted by Crippen LogP contribution is -2.39. The lowest BCUT2D eigenvalue weighted by atomic mass is 9.95.